The second-order valence-electron chi connectivity index (χ2n) is 10.3. The van der Waals surface area contributed by atoms with Gasteiger partial charge in [0, 0.05) is 53.0 Å². The van der Waals surface area contributed by atoms with Crippen LogP contribution in [0.25, 0.3) is 11.0 Å². The molecule has 2 aromatic carbocycles. The molecule has 9 nitrogen and oxygen atoms in total. The van der Waals surface area contributed by atoms with Gasteiger partial charge in [-0.25, -0.2) is 9.37 Å². The van der Waals surface area contributed by atoms with E-state index in [4.69, 9.17) is 9.47 Å². The largest absolute Gasteiger partial charge is 0.457 e. The number of rotatable bonds is 8. The van der Waals surface area contributed by atoms with E-state index in [1.165, 1.54) is 0 Å². The molecule has 224 valence electrons. The van der Waals surface area contributed by atoms with Crippen LogP contribution < -0.4 is 15.4 Å². The summed E-state index contributed by atoms with van der Waals surface area (Å²) in [6.07, 6.45) is 1.04. The lowest BCUT2D eigenvalue weighted by atomic mass is 10.1. The van der Waals surface area contributed by atoms with E-state index in [1.54, 1.807) is 43.0 Å². The van der Waals surface area contributed by atoms with E-state index in [0.29, 0.717) is 53.6 Å². The van der Waals surface area contributed by atoms with Crippen molar-refractivity contribution in [1.29, 1.82) is 0 Å². The van der Waals surface area contributed by atoms with Crippen LogP contribution in [0.1, 0.15) is 18.4 Å². The van der Waals surface area contributed by atoms with Crippen molar-refractivity contribution < 1.29 is 31.8 Å². The lowest BCUT2D eigenvalue weighted by Gasteiger charge is -2.31. The third-order valence-corrected chi connectivity index (χ3v) is 7.39. The number of likely N-dealkylation sites (N-methyl/N-ethyl adjacent to an activating group) is 1. The van der Waals surface area contributed by atoms with Crippen molar-refractivity contribution in [2.75, 3.05) is 45.7 Å². The Morgan fingerprint density at radius 2 is 1.88 bits per heavy atom. The minimum atomic E-state index is -4.61. The number of halogens is 4. The molecule has 1 aromatic heterocycles. The first-order valence-electron chi connectivity index (χ1n) is 13.5. The van der Waals surface area contributed by atoms with E-state index in [0.717, 1.165) is 32.0 Å². The van der Waals surface area contributed by atoms with Crippen LogP contribution in [0.2, 0.25) is 0 Å². The molecule has 0 radical (unpaired) electrons. The van der Waals surface area contributed by atoms with Crippen LogP contribution in [0.3, 0.4) is 0 Å². The molecule has 42 heavy (non-hydrogen) atoms. The predicted octanol–water partition coefficient (Wildman–Crippen LogP) is 4.75. The third-order valence-electron chi connectivity index (χ3n) is 7.39. The molecule has 1 fully saturated rings. The average molecular weight is 589 g/mol. The van der Waals surface area contributed by atoms with Crippen molar-refractivity contribution in [3.8, 4) is 5.75 Å². The van der Waals surface area contributed by atoms with Crippen LogP contribution >= 0.6 is 0 Å². The lowest BCUT2D eigenvalue weighted by Crippen LogP contribution is -2.44. The number of hydrogen-bond donors (Lipinski definition) is 2. The number of aryl methyl sites for hydroxylation is 1. The Morgan fingerprint density at radius 3 is 2.60 bits per heavy atom. The fourth-order valence-corrected chi connectivity index (χ4v) is 4.93. The normalized spacial score (nSPS) is 16.8. The molecular formula is C29H32F4N6O3. The molecule has 1 amide bonds. The number of nitrogens with one attached hydrogen (secondary N) is 2. The number of benzene rings is 2. The smallest absolute Gasteiger partial charge is 0.416 e. The molecule has 2 aliphatic heterocycles. The van der Waals surface area contributed by atoms with Crippen molar-refractivity contribution >= 4 is 28.6 Å². The summed E-state index contributed by atoms with van der Waals surface area (Å²) in [4.78, 5) is 21.2. The van der Waals surface area contributed by atoms with E-state index in [2.05, 4.69) is 20.5 Å². The molecule has 1 saturated heterocycles. The summed E-state index contributed by atoms with van der Waals surface area (Å²) in [5.41, 5.74) is -0.154. The van der Waals surface area contributed by atoms with Crippen molar-refractivity contribution in [3.05, 3.63) is 71.5 Å². The van der Waals surface area contributed by atoms with Gasteiger partial charge in [0.25, 0.3) is 0 Å². The monoisotopic (exact) mass is 588 g/mol. The van der Waals surface area contributed by atoms with E-state index in [9.17, 15) is 22.4 Å². The highest BCUT2D eigenvalue weighted by Crippen LogP contribution is 2.33. The SMILES string of the molecule is COC1CCN(CC(=O)NC2=CC(Oc3ccc4c(c3)nc(Nc3cc(C(F)(F)F)ccc3F)n4C)=CCN2C)CC1. The average Bonchev–Trinajstić information content (AvgIpc) is 3.25. The summed E-state index contributed by atoms with van der Waals surface area (Å²) in [5, 5.41) is 5.63. The predicted molar refractivity (Wildman–Crippen MR) is 149 cm³/mol. The van der Waals surface area contributed by atoms with Crippen molar-refractivity contribution in [2.45, 2.75) is 25.1 Å². The van der Waals surface area contributed by atoms with Gasteiger partial charge in [0.1, 0.15) is 23.1 Å². The summed E-state index contributed by atoms with van der Waals surface area (Å²) in [5.74, 6) is 0.823. The van der Waals surface area contributed by atoms with Gasteiger partial charge in [-0.15, -0.1) is 0 Å². The number of imidazole rings is 1. The first-order valence-corrected chi connectivity index (χ1v) is 13.5. The number of ether oxygens (including phenoxy) is 2. The first kappa shape index (κ1) is 29.4. The highest BCUT2D eigenvalue weighted by molar-refractivity contribution is 5.81. The number of hydrogen-bond acceptors (Lipinski definition) is 7. The number of fused-ring (bicyclic) bond motifs is 1. The second-order valence-corrected chi connectivity index (χ2v) is 10.3. The van der Waals surface area contributed by atoms with Gasteiger partial charge in [-0.05, 0) is 49.2 Å². The summed E-state index contributed by atoms with van der Waals surface area (Å²) >= 11 is 0. The van der Waals surface area contributed by atoms with Gasteiger partial charge in [0.15, 0.2) is 0 Å². The molecule has 5 rings (SSSR count). The quantitative estimate of drug-likeness (QED) is 0.368. The first-order chi connectivity index (χ1) is 20.0. The van der Waals surface area contributed by atoms with Gasteiger partial charge < -0.3 is 29.6 Å². The van der Waals surface area contributed by atoms with Gasteiger partial charge in [-0.1, -0.05) is 0 Å². The zero-order valence-corrected chi connectivity index (χ0v) is 23.5. The molecule has 3 heterocycles. The molecule has 13 heteroatoms. The molecule has 0 saturated carbocycles. The molecule has 2 N–H and O–H groups in total. The maximum absolute atomic E-state index is 14.3. The Hall–Kier alpha value is -4.10. The molecule has 0 atom stereocenters. The van der Waals surface area contributed by atoms with Crippen LogP contribution in [0.15, 0.2) is 60.1 Å². The van der Waals surface area contributed by atoms with Gasteiger partial charge in [0.05, 0.1) is 34.9 Å². The molecular weight excluding hydrogens is 556 g/mol. The maximum Gasteiger partial charge on any atom is 0.416 e. The number of methoxy groups -OCH3 is 1. The van der Waals surface area contributed by atoms with Gasteiger partial charge in [-0.2, -0.15) is 13.2 Å². The fourth-order valence-electron chi connectivity index (χ4n) is 4.93. The minimum absolute atomic E-state index is 0.114. The van der Waals surface area contributed by atoms with Crippen molar-refractivity contribution in [2.24, 2.45) is 7.05 Å². The summed E-state index contributed by atoms with van der Waals surface area (Å²) in [6.45, 7) is 2.41. The maximum atomic E-state index is 14.3. The Morgan fingerprint density at radius 1 is 1.12 bits per heavy atom. The standard InChI is InChI=1S/C29H32F4N6O3/c1-37-11-8-21(16-26(37)36-27(40)17-39-12-9-19(41-3)10-13-39)42-20-5-7-25-24(15-20)35-28(38(25)2)34-23-14-18(29(31,32)33)4-6-22(23)30/h4-8,14-16,19H,9-13,17H2,1-3H3,(H,34,35)(H,36,40). The van der Waals surface area contributed by atoms with Crippen LogP contribution in [-0.2, 0) is 22.8 Å². The number of carbonyl (C=O) groups excluding carboxylic acids is 1. The summed E-state index contributed by atoms with van der Waals surface area (Å²) in [6, 6.07) is 7.32. The van der Waals surface area contributed by atoms with Crippen molar-refractivity contribution in [3.63, 3.8) is 0 Å². The number of alkyl halides is 3. The highest BCUT2D eigenvalue weighted by Gasteiger charge is 2.31. The van der Waals surface area contributed by atoms with Crippen LogP contribution in [0.5, 0.6) is 5.75 Å². The Kier molecular flexibility index (Phi) is 8.41. The molecule has 0 aliphatic carbocycles. The molecule has 2 aliphatic rings. The molecule has 0 bridgehead atoms. The number of piperidine rings is 1. The number of anilines is 2. The van der Waals surface area contributed by atoms with Gasteiger partial charge in [0.2, 0.25) is 11.9 Å². The topological polar surface area (TPSA) is 83.9 Å². The zero-order chi connectivity index (χ0) is 30.0. The van der Waals surface area contributed by atoms with E-state index < -0.39 is 17.6 Å². The molecule has 0 spiro atoms. The van der Waals surface area contributed by atoms with Crippen LogP contribution in [0.4, 0.5) is 29.2 Å². The van der Waals surface area contributed by atoms with Crippen LogP contribution in [0, 0.1) is 5.82 Å². The lowest BCUT2D eigenvalue weighted by molar-refractivity contribution is -0.137. The van der Waals surface area contributed by atoms with Crippen molar-refractivity contribution in [1.82, 2.24) is 24.7 Å². The number of amides is 1. The van der Waals surface area contributed by atoms with E-state index in [1.807, 2.05) is 18.0 Å². The fraction of sp³-hybridized carbons (Fsp3) is 0.379. The highest BCUT2D eigenvalue weighted by atomic mass is 19.4. The van der Waals surface area contributed by atoms with E-state index in [-0.39, 0.29) is 23.6 Å². The number of nitrogens with zero attached hydrogens (tertiary/aromatic N) is 4. The third kappa shape index (κ3) is 6.68. The number of aromatic nitrogens is 2. The second kappa shape index (κ2) is 12.0. The molecule has 3 aromatic rings. The van der Waals surface area contributed by atoms with Gasteiger partial charge >= 0.3 is 6.18 Å². The zero-order valence-electron chi connectivity index (χ0n) is 23.5. The number of likely N-dealkylation sites (tertiary alicyclic amines) is 1. The summed E-state index contributed by atoms with van der Waals surface area (Å²) in [7, 11) is 5.24. The Labute approximate surface area is 240 Å². The van der Waals surface area contributed by atoms with E-state index >= 15 is 0 Å². The number of carbonyl (C=O) groups is 1. The number of allylic oxidation sites excluding steroid dienone is 1. The van der Waals surface area contributed by atoms with Crippen LogP contribution in [-0.4, -0.2) is 71.7 Å². The molecule has 0 unspecified atom stereocenters. The Balaban J connectivity index is 1.26. The summed E-state index contributed by atoms with van der Waals surface area (Å²) < 4.78 is 66.8. The Bertz CT molecular complexity index is 1530. The van der Waals surface area contributed by atoms with Gasteiger partial charge in [-0.3, -0.25) is 9.69 Å². The minimum Gasteiger partial charge on any atom is -0.457 e.